The summed E-state index contributed by atoms with van der Waals surface area (Å²) in [6.45, 7) is 2.18. The number of nitrogens with one attached hydrogen (secondary N) is 1. The summed E-state index contributed by atoms with van der Waals surface area (Å²) in [5, 5.41) is 0. The number of halogens is 1. The molecule has 0 unspecified atom stereocenters. The largest absolute Gasteiger partial charge is 0.454 e. The number of benzene rings is 1. The number of ether oxygens (including phenoxy) is 2. The maximum atomic E-state index is 12.3. The number of hydrogen-bond donors (Lipinski definition) is 1. The van der Waals surface area contributed by atoms with Crippen molar-refractivity contribution in [1.29, 1.82) is 0 Å². The van der Waals surface area contributed by atoms with Gasteiger partial charge < -0.3 is 9.47 Å². The first-order valence-electron chi connectivity index (χ1n) is 6.10. The Balaban J connectivity index is 1.80. The highest BCUT2D eigenvalue weighted by Crippen LogP contribution is 2.35. The lowest BCUT2D eigenvalue weighted by Crippen LogP contribution is -2.22. The van der Waals surface area contributed by atoms with Gasteiger partial charge in [0.1, 0.15) is 4.21 Å². The summed E-state index contributed by atoms with van der Waals surface area (Å²) >= 11 is 4.53. The van der Waals surface area contributed by atoms with Crippen molar-refractivity contribution in [1.82, 2.24) is 4.72 Å². The van der Waals surface area contributed by atoms with E-state index in [0.29, 0.717) is 11.5 Å². The minimum Gasteiger partial charge on any atom is -0.454 e. The number of rotatable bonds is 4. The van der Waals surface area contributed by atoms with Gasteiger partial charge in [0.25, 0.3) is 0 Å². The minimum atomic E-state index is -3.54. The topological polar surface area (TPSA) is 64.6 Å². The van der Waals surface area contributed by atoms with Crippen LogP contribution in [0.1, 0.15) is 11.1 Å². The summed E-state index contributed by atoms with van der Waals surface area (Å²) in [5.74, 6) is 1.24. The van der Waals surface area contributed by atoms with Gasteiger partial charge in [0.05, 0.1) is 3.79 Å². The summed E-state index contributed by atoms with van der Waals surface area (Å²) in [7, 11) is -3.54. The van der Waals surface area contributed by atoms with E-state index in [1.54, 1.807) is 12.1 Å². The molecule has 1 aliphatic heterocycles. The van der Waals surface area contributed by atoms with Gasteiger partial charge in [0.2, 0.25) is 16.8 Å². The van der Waals surface area contributed by atoms with Gasteiger partial charge in [0.15, 0.2) is 11.5 Å². The molecular formula is C13H12BrNO4S2. The Morgan fingerprint density at radius 2 is 2.19 bits per heavy atom. The average Bonchev–Trinajstić information content (AvgIpc) is 3.04. The molecule has 1 aromatic carbocycles. The van der Waals surface area contributed by atoms with Crippen LogP contribution in [-0.4, -0.2) is 15.2 Å². The van der Waals surface area contributed by atoms with E-state index in [1.165, 1.54) is 11.3 Å². The van der Waals surface area contributed by atoms with Crippen LogP contribution >= 0.6 is 27.3 Å². The summed E-state index contributed by atoms with van der Waals surface area (Å²) in [4.78, 5) is 0. The Labute approximate surface area is 135 Å². The lowest BCUT2D eigenvalue weighted by Gasteiger charge is -2.07. The van der Waals surface area contributed by atoms with Gasteiger partial charge in [-0.05, 0) is 40.5 Å². The zero-order chi connectivity index (χ0) is 15.0. The van der Waals surface area contributed by atoms with Gasteiger partial charge in [0, 0.05) is 12.1 Å². The molecule has 0 spiro atoms. The standard InChI is InChI=1S/C13H12BrNO4S2/c1-8-5-11(20-13(8)14)21(16,17)15-6-9-3-2-4-10-12(9)19-7-18-10/h2-5,15H,6-7H2,1H3. The van der Waals surface area contributed by atoms with Crippen molar-refractivity contribution < 1.29 is 17.9 Å². The maximum Gasteiger partial charge on any atom is 0.250 e. The molecule has 1 aromatic heterocycles. The second-order valence-corrected chi connectivity index (χ2v) is 8.86. The van der Waals surface area contributed by atoms with E-state index in [9.17, 15) is 8.42 Å². The van der Waals surface area contributed by atoms with Crippen molar-refractivity contribution in [2.45, 2.75) is 17.7 Å². The summed E-state index contributed by atoms with van der Waals surface area (Å²) in [6, 6.07) is 7.06. The zero-order valence-corrected chi connectivity index (χ0v) is 14.3. The molecule has 21 heavy (non-hydrogen) atoms. The third-order valence-electron chi connectivity index (χ3n) is 3.03. The van der Waals surface area contributed by atoms with Gasteiger partial charge in [-0.2, -0.15) is 0 Å². The number of fused-ring (bicyclic) bond motifs is 1. The van der Waals surface area contributed by atoms with Crippen LogP contribution in [0.25, 0.3) is 0 Å². The molecule has 5 nitrogen and oxygen atoms in total. The fourth-order valence-corrected chi connectivity index (χ4v) is 5.21. The number of para-hydroxylation sites is 1. The van der Waals surface area contributed by atoms with Gasteiger partial charge in [-0.3, -0.25) is 0 Å². The SMILES string of the molecule is Cc1cc(S(=O)(=O)NCc2cccc3c2OCO3)sc1Br. The second kappa shape index (κ2) is 5.60. The Morgan fingerprint density at radius 3 is 2.90 bits per heavy atom. The fourth-order valence-electron chi connectivity index (χ4n) is 1.94. The molecule has 0 radical (unpaired) electrons. The van der Waals surface area contributed by atoms with E-state index in [1.807, 2.05) is 19.1 Å². The van der Waals surface area contributed by atoms with Crippen molar-refractivity contribution in [3.8, 4) is 11.5 Å². The van der Waals surface area contributed by atoms with Gasteiger partial charge in [-0.1, -0.05) is 12.1 Å². The zero-order valence-electron chi connectivity index (χ0n) is 11.1. The molecule has 0 atom stereocenters. The molecule has 3 rings (SSSR count). The van der Waals surface area contributed by atoms with E-state index >= 15 is 0 Å². The Bertz CT molecular complexity index is 766. The first-order valence-corrected chi connectivity index (χ1v) is 9.20. The van der Waals surface area contributed by atoms with Crippen molar-refractivity contribution in [2.75, 3.05) is 6.79 Å². The Kier molecular flexibility index (Phi) is 3.96. The van der Waals surface area contributed by atoms with Crippen LogP contribution in [0.4, 0.5) is 0 Å². The summed E-state index contributed by atoms with van der Waals surface area (Å²) < 4.78 is 38.9. The minimum absolute atomic E-state index is 0.156. The molecule has 112 valence electrons. The Morgan fingerprint density at radius 1 is 1.38 bits per heavy atom. The quantitative estimate of drug-likeness (QED) is 0.872. The summed E-state index contributed by atoms with van der Waals surface area (Å²) in [5.41, 5.74) is 1.65. The van der Waals surface area contributed by atoms with E-state index in [2.05, 4.69) is 20.7 Å². The third kappa shape index (κ3) is 2.94. The van der Waals surface area contributed by atoms with Crippen LogP contribution in [0.2, 0.25) is 0 Å². The lowest BCUT2D eigenvalue weighted by molar-refractivity contribution is 0.173. The number of thiophene rings is 1. The first kappa shape index (κ1) is 14.8. The van der Waals surface area contributed by atoms with Gasteiger partial charge >= 0.3 is 0 Å². The highest BCUT2D eigenvalue weighted by atomic mass is 79.9. The molecule has 0 saturated carbocycles. The number of hydrogen-bond acceptors (Lipinski definition) is 5. The molecule has 0 saturated heterocycles. The van der Waals surface area contributed by atoms with Gasteiger partial charge in [-0.25, -0.2) is 13.1 Å². The van der Waals surface area contributed by atoms with Crippen LogP contribution in [0.5, 0.6) is 11.5 Å². The molecule has 2 aromatic rings. The molecule has 8 heteroatoms. The predicted octanol–water partition coefficient (Wildman–Crippen LogP) is 3.03. The average molecular weight is 390 g/mol. The highest BCUT2D eigenvalue weighted by molar-refractivity contribution is 9.11. The van der Waals surface area contributed by atoms with Crippen LogP contribution < -0.4 is 14.2 Å². The van der Waals surface area contributed by atoms with E-state index in [4.69, 9.17) is 9.47 Å². The molecule has 1 aliphatic rings. The second-order valence-electron chi connectivity index (χ2n) is 4.50. The molecule has 0 aliphatic carbocycles. The number of aryl methyl sites for hydroxylation is 1. The van der Waals surface area contributed by atoms with Crippen LogP contribution in [0, 0.1) is 6.92 Å². The first-order chi connectivity index (χ1) is 9.97. The van der Waals surface area contributed by atoms with E-state index < -0.39 is 10.0 Å². The number of sulfonamides is 1. The highest BCUT2D eigenvalue weighted by Gasteiger charge is 2.21. The maximum absolute atomic E-state index is 12.3. The van der Waals surface area contributed by atoms with Crippen LogP contribution in [0.15, 0.2) is 32.3 Å². The predicted molar refractivity (Wildman–Crippen MR) is 83.3 cm³/mol. The van der Waals surface area contributed by atoms with Gasteiger partial charge in [-0.15, -0.1) is 11.3 Å². The van der Waals surface area contributed by atoms with Crippen molar-refractivity contribution in [3.63, 3.8) is 0 Å². The third-order valence-corrected chi connectivity index (χ3v) is 7.04. The lowest BCUT2D eigenvalue weighted by atomic mass is 10.2. The summed E-state index contributed by atoms with van der Waals surface area (Å²) in [6.07, 6.45) is 0. The van der Waals surface area contributed by atoms with Crippen molar-refractivity contribution >= 4 is 37.3 Å². The molecule has 0 fully saturated rings. The molecule has 0 amide bonds. The normalized spacial score (nSPS) is 13.6. The Hall–Kier alpha value is -1.09. The molecule has 0 bridgehead atoms. The molecule has 2 heterocycles. The van der Waals surface area contributed by atoms with Crippen LogP contribution in [-0.2, 0) is 16.6 Å². The van der Waals surface area contributed by atoms with E-state index in [-0.39, 0.29) is 17.5 Å². The van der Waals surface area contributed by atoms with Crippen LogP contribution in [0.3, 0.4) is 0 Å². The monoisotopic (exact) mass is 389 g/mol. The van der Waals surface area contributed by atoms with Crippen molar-refractivity contribution in [2.24, 2.45) is 0 Å². The molecule has 1 N–H and O–H groups in total. The smallest absolute Gasteiger partial charge is 0.250 e. The fraction of sp³-hybridized carbons (Fsp3) is 0.231. The van der Waals surface area contributed by atoms with Crippen molar-refractivity contribution in [3.05, 3.63) is 39.2 Å². The molecular weight excluding hydrogens is 378 g/mol. The van der Waals surface area contributed by atoms with E-state index in [0.717, 1.165) is 14.9 Å².